The van der Waals surface area contributed by atoms with E-state index in [1.165, 1.54) is 18.4 Å². The summed E-state index contributed by atoms with van der Waals surface area (Å²) in [5.74, 6) is -0.315. The number of fused-ring (bicyclic) bond motifs is 1. The van der Waals surface area contributed by atoms with Crippen LogP contribution in [0.4, 0.5) is 4.39 Å². The summed E-state index contributed by atoms with van der Waals surface area (Å²) < 4.78 is 38.0. The maximum atomic E-state index is 15.1. The monoisotopic (exact) mass is 489 g/mol. The Labute approximate surface area is 211 Å². The van der Waals surface area contributed by atoms with Gasteiger partial charge in [0.1, 0.15) is 24.4 Å². The van der Waals surface area contributed by atoms with E-state index in [9.17, 15) is 5.02 Å². The standard InChI is InChI=1S/C28H29BFNO5/c1-28(2)34-19-22(35-28)18-33-24-14-13-23(30)26-25(36-29(32)27(24)26)17-31(15-20-9-5-3-6-10-20)16-21-11-7-4-8-12-21/h3-14,19,25,32H,15-18H2,1-2H3/t25-/m1/s1. The van der Waals surface area contributed by atoms with Crippen molar-refractivity contribution in [3.63, 3.8) is 0 Å². The van der Waals surface area contributed by atoms with Crippen LogP contribution in [-0.2, 0) is 27.2 Å². The van der Waals surface area contributed by atoms with Gasteiger partial charge in [-0.15, -0.1) is 0 Å². The van der Waals surface area contributed by atoms with E-state index in [-0.39, 0.29) is 6.61 Å². The van der Waals surface area contributed by atoms with Gasteiger partial charge in [0.2, 0.25) is 5.79 Å². The lowest BCUT2D eigenvalue weighted by atomic mass is 9.78. The highest BCUT2D eigenvalue weighted by Gasteiger charge is 2.41. The molecule has 0 aliphatic carbocycles. The molecule has 3 aromatic rings. The third kappa shape index (κ3) is 5.56. The molecule has 186 valence electrons. The molecular formula is C28H29BFNO5. The third-order valence-electron chi connectivity index (χ3n) is 6.20. The highest BCUT2D eigenvalue weighted by atomic mass is 19.1. The van der Waals surface area contributed by atoms with Crippen molar-refractivity contribution < 1.29 is 28.3 Å². The Bertz CT molecular complexity index is 1180. The van der Waals surface area contributed by atoms with Gasteiger partial charge in [0.25, 0.3) is 0 Å². The zero-order valence-corrected chi connectivity index (χ0v) is 20.4. The van der Waals surface area contributed by atoms with Crippen LogP contribution in [0.2, 0.25) is 0 Å². The predicted octanol–water partition coefficient (Wildman–Crippen LogP) is 4.29. The van der Waals surface area contributed by atoms with Crippen LogP contribution in [0, 0.1) is 5.82 Å². The first-order valence-electron chi connectivity index (χ1n) is 12.0. The van der Waals surface area contributed by atoms with Gasteiger partial charge in [-0.25, -0.2) is 4.39 Å². The first kappa shape index (κ1) is 24.4. The molecule has 0 spiro atoms. The number of nitrogens with zero attached hydrogens (tertiary/aromatic N) is 1. The second-order valence-corrected chi connectivity index (χ2v) is 9.48. The molecule has 0 bridgehead atoms. The Hall–Kier alpha value is -3.33. The minimum absolute atomic E-state index is 0.0903. The van der Waals surface area contributed by atoms with Gasteiger partial charge in [-0.1, -0.05) is 60.7 Å². The summed E-state index contributed by atoms with van der Waals surface area (Å²) in [5.41, 5.74) is 2.92. The van der Waals surface area contributed by atoms with E-state index in [1.807, 2.05) is 36.4 Å². The van der Waals surface area contributed by atoms with E-state index in [4.69, 9.17) is 18.9 Å². The van der Waals surface area contributed by atoms with Crippen molar-refractivity contribution >= 4 is 12.6 Å². The van der Waals surface area contributed by atoms with Crippen LogP contribution >= 0.6 is 0 Å². The summed E-state index contributed by atoms with van der Waals surface area (Å²) in [6, 6.07) is 23.1. The lowest BCUT2D eigenvalue weighted by Crippen LogP contribution is -2.31. The lowest BCUT2D eigenvalue weighted by Gasteiger charge is -2.26. The van der Waals surface area contributed by atoms with Gasteiger partial charge in [-0.05, 0) is 23.3 Å². The van der Waals surface area contributed by atoms with Crippen LogP contribution in [0.1, 0.15) is 36.6 Å². The molecule has 0 aromatic heterocycles. The molecule has 0 amide bonds. The van der Waals surface area contributed by atoms with Crippen molar-refractivity contribution in [3.05, 3.63) is 107 Å². The molecule has 2 aliphatic heterocycles. The SMILES string of the molecule is CC1(C)OC=C(COc2ccc(F)c3c2B(O)O[C@@H]3CN(Cc2ccccc2)Cc2ccccc2)O1. The summed E-state index contributed by atoms with van der Waals surface area (Å²) in [5, 5.41) is 10.8. The Morgan fingerprint density at radius 2 is 1.61 bits per heavy atom. The predicted molar refractivity (Wildman–Crippen MR) is 135 cm³/mol. The van der Waals surface area contributed by atoms with Crippen molar-refractivity contribution in [2.75, 3.05) is 13.2 Å². The topological polar surface area (TPSA) is 60.4 Å². The molecule has 0 unspecified atom stereocenters. The second kappa shape index (κ2) is 10.3. The molecule has 6 nitrogen and oxygen atoms in total. The Balaban J connectivity index is 1.36. The molecule has 0 saturated heterocycles. The summed E-state index contributed by atoms with van der Waals surface area (Å²) in [6.07, 6.45) is 0.847. The fraction of sp³-hybridized carbons (Fsp3) is 0.286. The molecule has 8 heteroatoms. The van der Waals surface area contributed by atoms with Gasteiger partial charge in [0.15, 0.2) is 5.76 Å². The van der Waals surface area contributed by atoms with Gasteiger partial charge < -0.3 is 23.9 Å². The Morgan fingerprint density at radius 1 is 0.972 bits per heavy atom. The second-order valence-electron chi connectivity index (χ2n) is 9.48. The average Bonchev–Trinajstić information content (AvgIpc) is 3.39. The number of hydrogen-bond acceptors (Lipinski definition) is 6. The van der Waals surface area contributed by atoms with Gasteiger partial charge in [-0.2, -0.15) is 0 Å². The number of benzene rings is 3. The summed E-state index contributed by atoms with van der Waals surface area (Å²) in [7, 11) is -1.29. The maximum Gasteiger partial charge on any atom is 0.495 e. The van der Waals surface area contributed by atoms with Crippen molar-refractivity contribution in [2.45, 2.75) is 38.8 Å². The molecule has 36 heavy (non-hydrogen) atoms. The minimum Gasteiger partial charge on any atom is -0.486 e. The van der Waals surface area contributed by atoms with Crippen molar-refractivity contribution in [1.82, 2.24) is 4.90 Å². The number of halogens is 1. The van der Waals surface area contributed by atoms with E-state index in [0.29, 0.717) is 42.2 Å². The van der Waals surface area contributed by atoms with Gasteiger partial charge in [-0.3, -0.25) is 4.90 Å². The van der Waals surface area contributed by atoms with E-state index >= 15 is 4.39 Å². The number of rotatable bonds is 9. The third-order valence-corrected chi connectivity index (χ3v) is 6.20. The van der Waals surface area contributed by atoms with Crippen LogP contribution < -0.4 is 10.2 Å². The quantitative estimate of drug-likeness (QED) is 0.453. The van der Waals surface area contributed by atoms with Gasteiger partial charge in [0, 0.05) is 44.5 Å². The van der Waals surface area contributed by atoms with Crippen LogP contribution in [0.5, 0.6) is 5.75 Å². The fourth-order valence-corrected chi connectivity index (χ4v) is 4.61. The molecule has 0 fully saturated rings. The smallest absolute Gasteiger partial charge is 0.486 e. The fourth-order valence-electron chi connectivity index (χ4n) is 4.61. The van der Waals surface area contributed by atoms with Crippen LogP contribution in [-0.4, -0.2) is 36.0 Å². The summed E-state index contributed by atoms with van der Waals surface area (Å²) in [4.78, 5) is 2.20. The zero-order valence-electron chi connectivity index (χ0n) is 20.4. The normalized spacial score (nSPS) is 18.0. The first-order valence-corrected chi connectivity index (χ1v) is 12.0. The van der Waals surface area contributed by atoms with Crippen LogP contribution in [0.3, 0.4) is 0 Å². The highest BCUT2D eigenvalue weighted by Crippen LogP contribution is 2.32. The molecule has 5 rings (SSSR count). The average molecular weight is 489 g/mol. The molecular weight excluding hydrogens is 460 g/mol. The van der Waals surface area contributed by atoms with E-state index in [1.54, 1.807) is 13.8 Å². The molecule has 3 aromatic carbocycles. The minimum atomic E-state index is -1.29. The van der Waals surface area contributed by atoms with Crippen molar-refractivity contribution in [3.8, 4) is 5.75 Å². The van der Waals surface area contributed by atoms with Crippen molar-refractivity contribution in [2.24, 2.45) is 0 Å². The molecule has 0 radical (unpaired) electrons. The van der Waals surface area contributed by atoms with E-state index in [0.717, 1.165) is 11.1 Å². The number of hydrogen-bond donors (Lipinski definition) is 1. The molecule has 2 aliphatic rings. The van der Waals surface area contributed by atoms with E-state index < -0.39 is 24.8 Å². The lowest BCUT2D eigenvalue weighted by molar-refractivity contribution is -0.119. The maximum absolute atomic E-state index is 15.1. The van der Waals surface area contributed by atoms with Gasteiger partial charge >= 0.3 is 7.12 Å². The molecule has 0 saturated carbocycles. The van der Waals surface area contributed by atoms with Crippen LogP contribution in [0.15, 0.2) is 84.8 Å². The zero-order chi connectivity index (χ0) is 25.1. The van der Waals surface area contributed by atoms with Crippen molar-refractivity contribution in [1.29, 1.82) is 0 Å². The molecule has 2 heterocycles. The molecule has 1 atom stereocenters. The largest absolute Gasteiger partial charge is 0.495 e. The highest BCUT2D eigenvalue weighted by molar-refractivity contribution is 6.62. The molecule has 1 N–H and O–H groups in total. The van der Waals surface area contributed by atoms with Crippen LogP contribution in [0.25, 0.3) is 0 Å². The van der Waals surface area contributed by atoms with E-state index in [2.05, 4.69) is 29.2 Å². The number of ether oxygens (including phenoxy) is 3. The first-order chi connectivity index (χ1) is 17.4. The Kier molecular flexibility index (Phi) is 7.00. The summed E-state index contributed by atoms with van der Waals surface area (Å²) in [6.45, 7) is 5.38. The summed E-state index contributed by atoms with van der Waals surface area (Å²) >= 11 is 0. The Morgan fingerprint density at radius 3 is 2.19 bits per heavy atom. The van der Waals surface area contributed by atoms with Gasteiger partial charge in [0.05, 0.1) is 6.10 Å².